The van der Waals surface area contributed by atoms with Gasteiger partial charge < -0.3 is 36.2 Å². The number of hydrogen-bond donors (Lipinski definition) is 7. The van der Waals surface area contributed by atoms with Crippen molar-refractivity contribution < 1.29 is 94.8 Å². The second-order valence-corrected chi connectivity index (χ2v) is 26.4. The summed E-state index contributed by atoms with van der Waals surface area (Å²) in [6.45, 7) is 8.96. The lowest BCUT2D eigenvalue weighted by Crippen LogP contribution is -2.27. The lowest BCUT2D eigenvalue weighted by molar-refractivity contribution is -0.141. The Balaban J connectivity index is 0.000000191. The maximum Gasteiger partial charge on any atom is 0.433 e. The van der Waals surface area contributed by atoms with Gasteiger partial charge in [0, 0.05) is 82.0 Å². The third kappa shape index (κ3) is 19.1. The Hall–Kier alpha value is -8.56. The van der Waals surface area contributed by atoms with Crippen LogP contribution in [0.2, 0.25) is 5.02 Å². The topological polar surface area (TPSA) is 287 Å². The van der Waals surface area contributed by atoms with Gasteiger partial charge in [-0.3, -0.25) is 19.0 Å². The van der Waals surface area contributed by atoms with E-state index in [0.717, 1.165) is 42.8 Å². The molecule has 3 aromatic heterocycles. The maximum atomic E-state index is 14.8. The lowest BCUT2D eigenvalue weighted by Gasteiger charge is -2.22. The van der Waals surface area contributed by atoms with E-state index in [1.54, 1.807) is 43.6 Å². The Kier molecular flexibility index (Phi) is 22.4. The quantitative estimate of drug-likeness (QED) is 0.0442. The number of pyridine rings is 3. The van der Waals surface area contributed by atoms with Crippen LogP contribution in [0.4, 0.5) is 71.0 Å². The highest BCUT2D eigenvalue weighted by Gasteiger charge is 2.37. The van der Waals surface area contributed by atoms with Crippen molar-refractivity contribution in [3.8, 4) is 0 Å². The van der Waals surface area contributed by atoms with E-state index in [1.807, 2.05) is 0 Å². The van der Waals surface area contributed by atoms with Gasteiger partial charge in [0.25, 0.3) is 5.91 Å². The highest BCUT2D eigenvalue weighted by molar-refractivity contribution is 7.92. The number of hydrogen-bond acceptors (Lipinski definition) is 15. The molecule has 0 aliphatic carbocycles. The van der Waals surface area contributed by atoms with Gasteiger partial charge in [0.1, 0.15) is 28.7 Å². The number of nitrogens with one attached hydrogen (secondary N) is 3. The summed E-state index contributed by atoms with van der Waals surface area (Å²) in [6.07, 6.45) is -12.3. The second-order valence-electron chi connectivity index (χ2n) is 22.5. The third-order valence-corrected chi connectivity index (χ3v) is 16.2. The van der Waals surface area contributed by atoms with Gasteiger partial charge in [-0.1, -0.05) is 11.6 Å². The molecule has 0 saturated carbocycles. The number of aryl methyl sites for hydroxylation is 2. The number of anilines is 4. The van der Waals surface area contributed by atoms with Crippen LogP contribution in [-0.2, 0) is 38.6 Å². The van der Waals surface area contributed by atoms with E-state index in [4.69, 9.17) is 22.4 Å². The van der Waals surface area contributed by atoms with Crippen LogP contribution < -0.4 is 30.3 Å². The van der Waals surface area contributed by atoms with Crippen LogP contribution in [0.3, 0.4) is 0 Å². The molecule has 95 heavy (non-hydrogen) atoms. The van der Waals surface area contributed by atoms with E-state index in [1.165, 1.54) is 67.6 Å². The zero-order valence-corrected chi connectivity index (χ0v) is 53.5. The molecule has 2 aliphatic rings. The number of halogens is 12. The highest BCUT2D eigenvalue weighted by Crippen LogP contribution is 2.39. The molecule has 4 atom stereocenters. The third-order valence-electron chi connectivity index (χ3n) is 14.7. The van der Waals surface area contributed by atoms with Crippen molar-refractivity contribution in [2.75, 3.05) is 57.9 Å². The first-order valence-corrected chi connectivity index (χ1v) is 32.5. The van der Waals surface area contributed by atoms with E-state index < -0.39 is 103 Å². The lowest BCUT2D eigenvalue weighted by atomic mass is 10.0. The first kappa shape index (κ1) is 73.8. The number of aromatic nitrogens is 3. The monoisotopic (exact) mass is 1400 g/mol. The fraction of sp³-hybridized carbons (Fsp3) is 0.323. The fourth-order valence-corrected chi connectivity index (χ4v) is 11.5. The number of ketones is 1. The minimum atomic E-state index is -4.68. The summed E-state index contributed by atoms with van der Waals surface area (Å²) < 4.78 is 195. The maximum absolute atomic E-state index is 14.8. The second kappa shape index (κ2) is 28.8. The molecule has 1 amide bonds. The number of nitrogens with two attached hydrogens (primary N) is 1. The number of aliphatic hydroxyl groups excluding tert-OH is 2. The number of aliphatic hydroxyl groups is 2. The summed E-state index contributed by atoms with van der Waals surface area (Å²) in [5.74, 6) is -3.19. The number of aromatic carboxylic acids is 1. The number of sulfonamides is 2. The van der Waals surface area contributed by atoms with E-state index in [2.05, 4.69) is 29.7 Å². The molecular weight excluding hydrogens is 1340 g/mol. The molecule has 8 N–H and O–H groups in total. The van der Waals surface area contributed by atoms with Crippen molar-refractivity contribution >= 4 is 105 Å². The van der Waals surface area contributed by atoms with Gasteiger partial charge in [-0.05, 0) is 156 Å². The molecule has 10 rings (SSSR count). The summed E-state index contributed by atoms with van der Waals surface area (Å²) in [4.78, 5) is 49.4. The molecule has 2 fully saturated rings. The number of carbonyl (C=O) groups is 3. The van der Waals surface area contributed by atoms with Gasteiger partial charge in [-0.25, -0.2) is 45.4 Å². The van der Waals surface area contributed by atoms with Gasteiger partial charge in [-0.2, -0.15) is 39.5 Å². The van der Waals surface area contributed by atoms with E-state index in [9.17, 15) is 89.7 Å². The minimum absolute atomic E-state index is 0.0277. The Morgan fingerprint density at radius 2 is 0.968 bits per heavy atom. The van der Waals surface area contributed by atoms with Gasteiger partial charge in [-0.15, -0.1) is 0 Å². The Labute approximate surface area is 541 Å². The zero-order chi connectivity index (χ0) is 70.8. The van der Waals surface area contributed by atoms with Crippen LogP contribution in [0.15, 0.2) is 97.1 Å². The summed E-state index contributed by atoms with van der Waals surface area (Å²) in [5, 5.41) is 32.2. The first-order valence-electron chi connectivity index (χ1n) is 28.3. The van der Waals surface area contributed by atoms with E-state index >= 15 is 0 Å². The summed E-state index contributed by atoms with van der Waals surface area (Å²) in [5.41, 5.74) is 5.46. The first-order chi connectivity index (χ1) is 43.9. The van der Waals surface area contributed by atoms with Crippen LogP contribution in [0.5, 0.6) is 0 Å². The van der Waals surface area contributed by atoms with Crippen molar-refractivity contribution in [3.63, 3.8) is 0 Å². The van der Waals surface area contributed by atoms with E-state index in [-0.39, 0.29) is 79.9 Å². The Morgan fingerprint density at radius 1 is 0.589 bits per heavy atom. The number of rotatable bonds is 12. The van der Waals surface area contributed by atoms with Crippen LogP contribution in [0, 0.1) is 25.5 Å². The van der Waals surface area contributed by atoms with Gasteiger partial charge in [0.15, 0.2) is 5.78 Å². The summed E-state index contributed by atoms with van der Waals surface area (Å²) in [6, 6.07) is 18.6. The number of benzene rings is 5. The largest absolute Gasteiger partial charge is 0.478 e. The number of fused-ring (bicyclic) bond motifs is 3. The average molecular weight is 1400 g/mol. The fourth-order valence-electron chi connectivity index (χ4n) is 10.0. The number of alkyl halides is 9. The Morgan fingerprint density at radius 3 is 1.36 bits per heavy atom. The number of carboxylic acids is 1. The molecule has 0 bridgehead atoms. The number of nitrogens with zero attached hydrogens (tertiary/aromatic N) is 5. The predicted molar refractivity (Wildman–Crippen MR) is 336 cm³/mol. The summed E-state index contributed by atoms with van der Waals surface area (Å²) in [7, 11) is -7.02. The van der Waals surface area contributed by atoms with Crippen LogP contribution in [0.25, 0.3) is 32.7 Å². The van der Waals surface area contributed by atoms with Crippen molar-refractivity contribution in [1.82, 2.24) is 20.3 Å². The molecule has 2 aliphatic heterocycles. The molecule has 8 aromatic rings. The average Bonchev–Trinajstić information content (AvgIpc) is 1.70. The molecule has 0 spiro atoms. The van der Waals surface area contributed by atoms with Crippen LogP contribution in [0.1, 0.15) is 116 Å². The normalized spacial score (nSPS) is 15.9. The SMILES string of the molecule is CC(=O)c1ccc2nc(C(F)(F)F)cc(Cl)c2c1.Cc1cc([C@@H](C)N)c(F)cc1NS(C)(=O)=O.Cc1cc([C@@H](C)NC(=O)c2ccc3nc(C(F)(F)F)cc(N4CC[C@@H](O)C4)c3c2)c(F)cc1NS(C)(=O)=O.O=C(O)c1ccc2nc(C(F)(F)F)cc(N3CC[C@@H](O)C3)c2c1. The number of carbonyl (C=O) groups excluding carboxylic acids is 2. The number of amides is 1. The number of Topliss-reactive ketones (excluding diaryl/α,β-unsaturated/α-hetero) is 1. The predicted octanol–water partition coefficient (Wildman–Crippen LogP) is 12.3. The van der Waals surface area contributed by atoms with Crippen molar-refractivity contribution in [2.24, 2.45) is 5.73 Å². The molecule has 2 saturated heterocycles. The molecule has 19 nitrogen and oxygen atoms in total. The van der Waals surface area contributed by atoms with Gasteiger partial charge in [0.05, 0.1) is 69.3 Å². The number of carboxylic acid groups (broad SMARTS) is 1. The molecule has 33 heteroatoms. The van der Waals surface area contributed by atoms with Crippen molar-refractivity contribution in [2.45, 2.75) is 90.3 Å². The molecule has 510 valence electrons. The van der Waals surface area contributed by atoms with Crippen LogP contribution >= 0.6 is 11.6 Å². The Bertz CT molecular complexity index is 4510. The smallest absolute Gasteiger partial charge is 0.433 e. The number of β-amino-alcohol motifs (C(OH)–C–C–N with tert-alkyl or cyclic N) is 2. The van der Waals surface area contributed by atoms with Gasteiger partial charge >= 0.3 is 24.5 Å². The summed E-state index contributed by atoms with van der Waals surface area (Å²) >= 11 is 5.79. The minimum Gasteiger partial charge on any atom is -0.478 e. The zero-order valence-electron chi connectivity index (χ0n) is 51.2. The van der Waals surface area contributed by atoms with E-state index in [0.29, 0.717) is 64.3 Å². The molecule has 5 heterocycles. The standard InChI is InChI=1S/C25H26F4N4O4S.C15H13F3N2O3.C12H7ClF3NO.C10H15FN2O2S/c1-13-8-17(19(26)10-21(13)32-38(3,36)37)14(2)30-24(35)15-4-5-20-18(9-15)22(33-7-6-16(34)12-33)11-23(31-20)25(27,28)29;16-15(17,18)13-6-12(20-4-3-9(21)7-20)10-5-8(14(22)23)1-2-11(10)19-13;1-6(18)7-2-3-10-8(4-7)9(13)5-11(17-10)12(14,15)16;1-6-4-8(7(2)12)9(11)5-10(6)13-16(3,14)15/h4-5,8-11,14,16,32,34H,6-7,12H2,1-3H3,(H,30,35);1-2,5-6,9,21H,3-4,7H2,(H,22,23);2-5H,1H3;4-5,7,13H,12H2,1-3H3/t14-,16-;9-;;7-/m11.1/s1. The van der Waals surface area contributed by atoms with Crippen LogP contribution in [-0.4, -0.2) is 116 Å². The molecule has 0 unspecified atom stereocenters. The van der Waals surface area contributed by atoms with Gasteiger partial charge in [0.2, 0.25) is 20.0 Å². The highest BCUT2D eigenvalue weighted by atomic mass is 35.5. The molecule has 5 aromatic carbocycles. The van der Waals surface area contributed by atoms with Crippen molar-refractivity contribution in [3.05, 3.63) is 170 Å². The molecule has 0 radical (unpaired) electrons. The molecular formula is C62H61ClF11N9O10S2. The van der Waals surface area contributed by atoms with Crippen molar-refractivity contribution in [1.29, 1.82) is 0 Å².